The maximum Gasteiger partial charge on any atom is 0.270 e. The van der Waals surface area contributed by atoms with Gasteiger partial charge in [0.25, 0.3) is 5.69 Å². The normalized spacial score (nSPS) is 14.8. The third-order valence-corrected chi connectivity index (χ3v) is 2.95. The van der Waals surface area contributed by atoms with E-state index in [1.54, 1.807) is 0 Å². The monoisotopic (exact) mass is 239 g/mol. The number of ketones is 1. The number of nitro groups is 1. The Morgan fingerprint density at radius 2 is 2.19 bits per heavy atom. The van der Waals surface area contributed by atoms with Crippen LogP contribution in [0, 0.1) is 16.0 Å². The summed E-state index contributed by atoms with van der Waals surface area (Å²) in [4.78, 5) is 21.7. The summed E-state index contributed by atoms with van der Waals surface area (Å²) >= 11 is 5.85. The molecular weight excluding hydrogens is 230 g/mol. The Morgan fingerprint density at radius 3 is 2.69 bits per heavy atom. The number of Topliss-reactive ketones (excluding diaryl/α,β-unsaturated/α-hetero) is 1. The summed E-state index contributed by atoms with van der Waals surface area (Å²) in [7, 11) is 0. The Hall–Kier alpha value is -1.42. The van der Waals surface area contributed by atoms with E-state index in [1.807, 2.05) is 0 Å². The smallest absolute Gasteiger partial charge is 0.270 e. The first-order valence-corrected chi connectivity index (χ1v) is 5.43. The number of hydrogen-bond acceptors (Lipinski definition) is 3. The van der Waals surface area contributed by atoms with Crippen LogP contribution in [-0.4, -0.2) is 10.7 Å². The lowest BCUT2D eigenvalue weighted by Gasteiger charge is -2.02. The van der Waals surface area contributed by atoms with Gasteiger partial charge in [0.05, 0.1) is 9.95 Å². The molecule has 1 aromatic rings. The Bertz CT molecular complexity index is 455. The Balaban J connectivity index is 2.20. The summed E-state index contributed by atoms with van der Waals surface area (Å²) in [5.74, 6) is 0.459. The molecule has 0 spiro atoms. The lowest BCUT2D eigenvalue weighted by atomic mass is 10.1. The summed E-state index contributed by atoms with van der Waals surface area (Å²) in [5.41, 5.74) is 0.298. The number of rotatable bonds is 4. The van der Waals surface area contributed by atoms with Crippen LogP contribution in [0.4, 0.5) is 5.69 Å². The largest absolute Gasteiger partial charge is 0.294 e. The van der Waals surface area contributed by atoms with E-state index in [4.69, 9.17) is 11.6 Å². The second-order valence-corrected chi connectivity index (χ2v) is 4.40. The number of nitro benzene ring substituents is 1. The summed E-state index contributed by atoms with van der Waals surface area (Å²) < 4.78 is 0. The van der Waals surface area contributed by atoms with E-state index in [2.05, 4.69) is 0 Å². The Labute approximate surface area is 97.4 Å². The zero-order chi connectivity index (χ0) is 11.7. The van der Waals surface area contributed by atoms with Gasteiger partial charge in [-0.25, -0.2) is 0 Å². The third kappa shape index (κ3) is 2.39. The van der Waals surface area contributed by atoms with E-state index in [0.29, 0.717) is 17.9 Å². The topological polar surface area (TPSA) is 60.2 Å². The fourth-order valence-electron chi connectivity index (χ4n) is 1.54. The standard InChI is InChI=1S/C11H10ClNO3/c12-10-6-8(13(15)16)3-4-9(10)11(14)5-7-1-2-7/h3-4,6-7H,1-2,5H2. The summed E-state index contributed by atoms with van der Waals surface area (Å²) in [6.07, 6.45) is 2.68. The summed E-state index contributed by atoms with van der Waals surface area (Å²) in [6, 6.07) is 3.97. The average Bonchev–Trinajstić information content (AvgIpc) is 3.01. The van der Waals surface area contributed by atoms with Gasteiger partial charge >= 0.3 is 0 Å². The molecule has 0 heterocycles. The van der Waals surface area contributed by atoms with Gasteiger partial charge in [0.15, 0.2) is 5.78 Å². The van der Waals surface area contributed by atoms with Gasteiger partial charge in [-0.15, -0.1) is 0 Å². The first-order chi connectivity index (χ1) is 7.58. The number of hydrogen-bond donors (Lipinski definition) is 0. The number of carbonyl (C=O) groups is 1. The lowest BCUT2D eigenvalue weighted by molar-refractivity contribution is -0.384. The molecular formula is C11H10ClNO3. The van der Waals surface area contributed by atoms with Gasteiger partial charge in [-0.05, 0) is 24.8 Å². The van der Waals surface area contributed by atoms with Crippen molar-refractivity contribution in [3.05, 3.63) is 38.9 Å². The second-order valence-electron chi connectivity index (χ2n) is 3.99. The molecule has 1 aliphatic rings. The molecule has 0 unspecified atom stereocenters. The van der Waals surface area contributed by atoms with Crippen molar-refractivity contribution < 1.29 is 9.72 Å². The van der Waals surface area contributed by atoms with Gasteiger partial charge in [-0.2, -0.15) is 0 Å². The predicted octanol–water partition coefficient (Wildman–Crippen LogP) is 3.23. The van der Waals surface area contributed by atoms with Crippen molar-refractivity contribution >= 4 is 23.1 Å². The number of halogens is 1. The van der Waals surface area contributed by atoms with Gasteiger partial charge < -0.3 is 0 Å². The van der Waals surface area contributed by atoms with Gasteiger partial charge in [0.1, 0.15) is 0 Å². The highest BCUT2D eigenvalue weighted by molar-refractivity contribution is 6.34. The van der Waals surface area contributed by atoms with Gasteiger partial charge in [0, 0.05) is 24.1 Å². The number of benzene rings is 1. The third-order valence-electron chi connectivity index (χ3n) is 2.63. The van der Waals surface area contributed by atoms with Gasteiger partial charge in [0.2, 0.25) is 0 Å². The maximum absolute atomic E-state index is 11.7. The van der Waals surface area contributed by atoms with E-state index in [0.717, 1.165) is 12.8 Å². The van der Waals surface area contributed by atoms with Crippen LogP contribution in [0.25, 0.3) is 0 Å². The van der Waals surface area contributed by atoms with Crippen LogP contribution >= 0.6 is 11.6 Å². The lowest BCUT2D eigenvalue weighted by Crippen LogP contribution is -2.01. The fraction of sp³-hybridized carbons (Fsp3) is 0.364. The van der Waals surface area contributed by atoms with Crippen LogP contribution in [0.3, 0.4) is 0 Å². The molecule has 1 saturated carbocycles. The van der Waals surface area contributed by atoms with Crippen molar-refractivity contribution in [2.75, 3.05) is 0 Å². The molecule has 4 nitrogen and oxygen atoms in total. The molecule has 0 N–H and O–H groups in total. The second kappa shape index (κ2) is 4.22. The van der Waals surface area contributed by atoms with Crippen molar-refractivity contribution in [3.8, 4) is 0 Å². The van der Waals surface area contributed by atoms with Crippen LogP contribution in [0.1, 0.15) is 29.6 Å². The molecule has 0 aromatic heterocycles. The minimum atomic E-state index is -0.527. The minimum absolute atomic E-state index is 0.0256. The van der Waals surface area contributed by atoms with Crippen molar-refractivity contribution in [1.82, 2.24) is 0 Å². The van der Waals surface area contributed by atoms with Gasteiger partial charge in [-0.1, -0.05) is 11.6 Å². The van der Waals surface area contributed by atoms with Crippen LogP contribution in [0.2, 0.25) is 5.02 Å². The molecule has 5 heteroatoms. The van der Waals surface area contributed by atoms with E-state index in [-0.39, 0.29) is 16.5 Å². The maximum atomic E-state index is 11.7. The van der Waals surface area contributed by atoms with Crippen LogP contribution in [0.15, 0.2) is 18.2 Å². The zero-order valence-corrected chi connectivity index (χ0v) is 9.24. The van der Waals surface area contributed by atoms with Crippen LogP contribution in [0.5, 0.6) is 0 Å². The molecule has 84 valence electrons. The molecule has 0 amide bonds. The molecule has 2 rings (SSSR count). The highest BCUT2D eigenvalue weighted by Crippen LogP contribution is 2.34. The number of non-ortho nitro benzene ring substituents is 1. The molecule has 0 radical (unpaired) electrons. The van der Waals surface area contributed by atoms with Crippen LogP contribution < -0.4 is 0 Å². The SMILES string of the molecule is O=C(CC1CC1)c1ccc([N+](=O)[O-])cc1Cl. The van der Waals surface area contributed by atoms with E-state index in [1.165, 1.54) is 18.2 Å². The molecule has 0 aliphatic heterocycles. The van der Waals surface area contributed by atoms with Crippen molar-refractivity contribution in [3.63, 3.8) is 0 Å². The first kappa shape index (κ1) is 11.1. The van der Waals surface area contributed by atoms with E-state index in [9.17, 15) is 14.9 Å². The highest BCUT2D eigenvalue weighted by Gasteiger charge is 2.26. The van der Waals surface area contributed by atoms with E-state index < -0.39 is 4.92 Å². The Morgan fingerprint density at radius 1 is 1.50 bits per heavy atom. The summed E-state index contributed by atoms with van der Waals surface area (Å²) in [5, 5.41) is 10.7. The van der Waals surface area contributed by atoms with Crippen molar-refractivity contribution in [2.24, 2.45) is 5.92 Å². The number of nitrogens with zero attached hydrogens (tertiary/aromatic N) is 1. The fourth-order valence-corrected chi connectivity index (χ4v) is 1.82. The molecule has 16 heavy (non-hydrogen) atoms. The molecule has 1 fully saturated rings. The van der Waals surface area contributed by atoms with Gasteiger partial charge in [-0.3, -0.25) is 14.9 Å². The average molecular weight is 240 g/mol. The van der Waals surface area contributed by atoms with Crippen molar-refractivity contribution in [2.45, 2.75) is 19.3 Å². The van der Waals surface area contributed by atoms with E-state index >= 15 is 0 Å². The Kier molecular flexibility index (Phi) is 2.92. The van der Waals surface area contributed by atoms with Crippen molar-refractivity contribution in [1.29, 1.82) is 0 Å². The molecule has 0 bridgehead atoms. The zero-order valence-electron chi connectivity index (χ0n) is 8.48. The highest BCUT2D eigenvalue weighted by atomic mass is 35.5. The molecule has 0 saturated heterocycles. The molecule has 1 aromatic carbocycles. The molecule has 1 aliphatic carbocycles. The first-order valence-electron chi connectivity index (χ1n) is 5.05. The quantitative estimate of drug-likeness (QED) is 0.460. The predicted molar refractivity (Wildman–Crippen MR) is 59.8 cm³/mol. The minimum Gasteiger partial charge on any atom is -0.294 e. The summed E-state index contributed by atoms with van der Waals surface area (Å²) in [6.45, 7) is 0. The van der Waals surface area contributed by atoms with Crippen LogP contribution in [-0.2, 0) is 0 Å². The molecule has 0 atom stereocenters. The number of carbonyl (C=O) groups excluding carboxylic acids is 1.